The topological polar surface area (TPSA) is 41.7 Å². The van der Waals surface area contributed by atoms with E-state index in [4.69, 9.17) is 9.98 Å². The lowest BCUT2D eigenvalue weighted by atomic mass is 9.96. The maximum atomic E-state index is 5.30. The lowest BCUT2D eigenvalue weighted by molar-refractivity contribution is 0.676. The minimum absolute atomic E-state index is 0.379. The number of fused-ring (bicyclic) bond motifs is 4. The van der Waals surface area contributed by atoms with Gasteiger partial charge in [0.15, 0.2) is 5.84 Å². The van der Waals surface area contributed by atoms with Gasteiger partial charge in [-0.1, -0.05) is 182 Å². The number of nitrogens with one attached hydrogen (secondary N) is 1. The minimum atomic E-state index is -0.379. The molecule has 0 saturated carbocycles. The summed E-state index contributed by atoms with van der Waals surface area (Å²) in [7, 11) is 0. The van der Waals surface area contributed by atoms with Gasteiger partial charge in [-0.3, -0.25) is 0 Å². The van der Waals surface area contributed by atoms with Crippen molar-refractivity contribution in [3.63, 3.8) is 0 Å². The van der Waals surface area contributed by atoms with E-state index >= 15 is 0 Å². The number of benzene rings is 9. The van der Waals surface area contributed by atoms with Crippen LogP contribution in [0.2, 0.25) is 0 Å². The second-order valence-corrected chi connectivity index (χ2v) is 15.0. The van der Waals surface area contributed by atoms with Crippen molar-refractivity contribution in [3.05, 3.63) is 235 Å². The number of hydrogen-bond acceptors (Lipinski definition) is 3. The van der Waals surface area contributed by atoms with Gasteiger partial charge in [-0.15, -0.1) is 0 Å². The molecule has 0 fully saturated rings. The highest BCUT2D eigenvalue weighted by atomic mass is 15.2. The van der Waals surface area contributed by atoms with Crippen molar-refractivity contribution in [1.29, 1.82) is 0 Å². The van der Waals surface area contributed by atoms with Crippen LogP contribution in [0, 0.1) is 0 Å². The number of para-hydroxylation sites is 1. The summed E-state index contributed by atoms with van der Waals surface area (Å²) in [5.41, 5.74) is 13.6. The molecule has 0 aliphatic carbocycles. The molecule has 4 heteroatoms. The molecular weight excluding hydrogens is 717 g/mol. The lowest BCUT2D eigenvalue weighted by Crippen LogP contribution is -2.33. The Morgan fingerprint density at radius 1 is 0.407 bits per heavy atom. The van der Waals surface area contributed by atoms with E-state index in [-0.39, 0.29) is 6.17 Å². The molecule has 4 nitrogen and oxygen atoms in total. The summed E-state index contributed by atoms with van der Waals surface area (Å²) < 4.78 is 2.40. The fourth-order valence-corrected chi connectivity index (χ4v) is 8.64. The van der Waals surface area contributed by atoms with Crippen molar-refractivity contribution in [2.45, 2.75) is 6.17 Å². The molecule has 278 valence electrons. The number of amidine groups is 2. The van der Waals surface area contributed by atoms with Gasteiger partial charge >= 0.3 is 0 Å². The van der Waals surface area contributed by atoms with Crippen LogP contribution < -0.4 is 5.32 Å². The Labute approximate surface area is 343 Å². The summed E-state index contributed by atoms with van der Waals surface area (Å²) in [6.07, 6.45) is -0.379. The number of aliphatic imine (C=N–C) groups is 2. The molecule has 2 heterocycles. The van der Waals surface area contributed by atoms with Gasteiger partial charge in [0.25, 0.3) is 0 Å². The third-order valence-corrected chi connectivity index (χ3v) is 11.4. The summed E-state index contributed by atoms with van der Waals surface area (Å²) in [6, 6.07) is 77.7. The maximum Gasteiger partial charge on any atom is 0.159 e. The van der Waals surface area contributed by atoms with Gasteiger partial charge in [0.05, 0.1) is 11.0 Å². The van der Waals surface area contributed by atoms with E-state index in [2.05, 4.69) is 210 Å². The van der Waals surface area contributed by atoms with Crippen LogP contribution in [0.4, 0.5) is 0 Å². The second kappa shape index (κ2) is 14.6. The van der Waals surface area contributed by atoms with Crippen LogP contribution in [-0.2, 0) is 0 Å². The van der Waals surface area contributed by atoms with E-state index in [1.165, 1.54) is 49.4 Å². The first kappa shape index (κ1) is 34.4. The van der Waals surface area contributed by atoms with Crippen molar-refractivity contribution in [1.82, 2.24) is 9.88 Å². The van der Waals surface area contributed by atoms with E-state index in [0.717, 1.165) is 44.7 Å². The fraction of sp³-hybridized carbons (Fsp3) is 0.0182. The molecule has 1 aliphatic heterocycles. The Morgan fingerprint density at radius 3 is 1.80 bits per heavy atom. The van der Waals surface area contributed by atoms with Gasteiger partial charge in [0.1, 0.15) is 12.0 Å². The van der Waals surface area contributed by atoms with Gasteiger partial charge in [-0.05, 0) is 80.6 Å². The first-order valence-corrected chi connectivity index (χ1v) is 20.1. The highest BCUT2D eigenvalue weighted by Gasteiger charge is 2.24. The smallest absolute Gasteiger partial charge is 0.159 e. The quantitative estimate of drug-likeness (QED) is 0.173. The molecule has 10 aromatic rings. The van der Waals surface area contributed by atoms with Crippen molar-refractivity contribution in [2.24, 2.45) is 9.98 Å². The largest absolute Gasteiger partial charge is 0.344 e. The molecule has 11 rings (SSSR count). The van der Waals surface area contributed by atoms with Gasteiger partial charge < -0.3 is 9.88 Å². The predicted octanol–water partition coefficient (Wildman–Crippen LogP) is 13.4. The molecule has 1 N–H and O–H groups in total. The van der Waals surface area contributed by atoms with Crippen LogP contribution in [0.1, 0.15) is 22.9 Å². The van der Waals surface area contributed by atoms with E-state index in [1.807, 2.05) is 18.2 Å². The molecule has 1 aliphatic rings. The van der Waals surface area contributed by atoms with Gasteiger partial charge in [0, 0.05) is 33.2 Å². The normalized spacial score (nSPS) is 13.9. The summed E-state index contributed by atoms with van der Waals surface area (Å²) in [5, 5.41) is 8.60. The number of nitrogens with zero attached hydrogens (tertiary/aromatic N) is 3. The van der Waals surface area contributed by atoms with Gasteiger partial charge in [-0.25, -0.2) is 9.98 Å². The average molecular weight is 755 g/mol. The highest BCUT2D eigenvalue weighted by molar-refractivity contribution is 6.16. The summed E-state index contributed by atoms with van der Waals surface area (Å²) in [5.74, 6) is 1.49. The minimum Gasteiger partial charge on any atom is -0.344 e. The monoisotopic (exact) mass is 754 g/mol. The summed E-state index contributed by atoms with van der Waals surface area (Å²) in [4.78, 5) is 10.5. The Balaban J connectivity index is 1.00. The first-order valence-electron chi connectivity index (χ1n) is 20.1. The van der Waals surface area contributed by atoms with Crippen LogP contribution in [0.25, 0.3) is 71.6 Å². The van der Waals surface area contributed by atoms with Crippen molar-refractivity contribution in [2.75, 3.05) is 0 Å². The number of hydrogen-bond donors (Lipinski definition) is 1. The van der Waals surface area contributed by atoms with Gasteiger partial charge in [-0.2, -0.15) is 0 Å². The molecule has 1 unspecified atom stereocenters. The zero-order valence-corrected chi connectivity index (χ0v) is 32.2. The van der Waals surface area contributed by atoms with E-state index in [0.29, 0.717) is 5.84 Å². The highest BCUT2D eigenvalue weighted by Crippen LogP contribution is 2.40. The van der Waals surface area contributed by atoms with Crippen molar-refractivity contribution < 1.29 is 0 Å². The van der Waals surface area contributed by atoms with Crippen molar-refractivity contribution in [3.8, 4) is 39.1 Å². The molecule has 0 bridgehead atoms. The van der Waals surface area contributed by atoms with E-state index < -0.39 is 0 Å². The fourth-order valence-electron chi connectivity index (χ4n) is 8.64. The zero-order chi connectivity index (χ0) is 39.1. The molecular formula is C55H38N4. The molecule has 0 amide bonds. The standard InChI is InChI=1S/C55H38N4/c1-4-16-37(17-5-1)40-30-31-42-35-44(33-32-41(42)34-40)54-56-53(39-20-8-3-9-21-39)57-55(58-54)48-25-11-10-24-46(48)43-22-14-23-45(36-43)59-50-28-13-12-26-49(50)52-47(27-15-29-51(52)59)38-18-6-2-7-19-38/h1-36,55H,(H,56,57,58). The molecule has 9 aromatic carbocycles. The Kier molecular flexibility index (Phi) is 8.52. The van der Waals surface area contributed by atoms with Crippen LogP contribution in [0.5, 0.6) is 0 Å². The summed E-state index contributed by atoms with van der Waals surface area (Å²) >= 11 is 0. The van der Waals surface area contributed by atoms with Crippen LogP contribution in [0.3, 0.4) is 0 Å². The molecule has 1 atom stereocenters. The Hall–Kier alpha value is -7.82. The molecule has 1 aromatic heterocycles. The maximum absolute atomic E-state index is 5.30. The Bertz CT molecular complexity index is 3230. The number of aromatic nitrogens is 1. The van der Waals surface area contributed by atoms with Crippen molar-refractivity contribution >= 4 is 44.2 Å². The summed E-state index contributed by atoms with van der Waals surface area (Å²) in [6.45, 7) is 0. The first-order chi connectivity index (χ1) is 29.2. The molecule has 59 heavy (non-hydrogen) atoms. The van der Waals surface area contributed by atoms with E-state index in [9.17, 15) is 0 Å². The third-order valence-electron chi connectivity index (χ3n) is 11.4. The van der Waals surface area contributed by atoms with Crippen LogP contribution in [-0.4, -0.2) is 16.2 Å². The van der Waals surface area contributed by atoms with E-state index in [1.54, 1.807) is 0 Å². The predicted molar refractivity (Wildman–Crippen MR) is 246 cm³/mol. The number of rotatable bonds is 7. The Morgan fingerprint density at radius 2 is 1.00 bits per heavy atom. The van der Waals surface area contributed by atoms with Gasteiger partial charge in [0.2, 0.25) is 0 Å². The van der Waals surface area contributed by atoms with Crippen LogP contribution >= 0.6 is 0 Å². The lowest BCUT2D eigenvalue weighted by Gasteiger charge is -2.25. The van der Waals surface area contributed by atoms with Crippen LogP contribution in [0.15, 0.2) is 228 Å². The third kappa shape index (κ3) is 6.28. The molecule has 0 saturated heterocycles. The zero-order valence-electron chi connectivity index (χ0n) is 32.2. The molecule has 0 spiro atoms. The average Bonchev–Trinajstić information content (AvgIpc) is 3.67. The molecule has 0 radical (unpaired) electrons. The SMILES string of the molecule is c1ccc(C2=NC(c3ccccc3-c3cccc(-n4c5ccccc5c5c(-c6ccccc6)cccc54)c3)NC(c3ccc4cc(-c5ccccc5)ccc4c3)=N2)cc1. The second-order valence-electron chi connectivity index (χ2n) is 15.0.